The Bertz CT molecular complexity index is 769. The molecule has 1 aliphatic rings. The molecule has 0 bridgehead atoms. The molecule has 1 aromatic carbocycles. The van der Waals surface area contributed by atoms with Gasteiger partial charge in [-0.05, 0) is 26.1 Å². The van der Waals surface area contributed by atoms with Crippen molar-refractivity contribution in [3.8, 4) is 0 Å². The van der Waals surface area contributed by atoms with Crippen molar-refractivity contribution in [1.29, 1.82) is 0 Å². The summed E-state index contributed by atoms with van der Waals surface area (Å²) in [6, 6.07) is 7.59. The zero-order chi connectivity index (χ0) is 17.3. The highest BCUT2D eigenvalue weighted by Gasteiger charge is 2.36. The fourth-order valence-corrected chi connectivity index (χ4v) is 3.39. The van der Waals surface area contributed by atoms with Gasteiger partial charge in [0.1, 0.15) is 12.4 Å². The number of amides is 2. The summed E-state index contributed by atoms with van der Waals surface area (Å²) in [6.07, 6.45) is 0. The van der Waals surface area contributed by atoms with Crippen LogP contribution in [-0.4, -0.2) is 59.5 Å². The van der Waals surface area contributed by atoms with Crippen molar-refractivity contribution < 1.29 is 9.59 Å². The summed E-state index contributed by atoms with van der Waals surface area (Å²) < 4.78 is 1.90. The van der Waals surface area contributed by atoms with Crippen LogP contribution < -0.4 is 10.6 Å². The lowest BCUT2D eigenvalue weighted by Gasteiger charge is -2.19. The standard InChI is InChI=1S/C17H23N5O2/c1-11-19-13-6-4-5-7-15(13)22(11)10-16(23)20-14-9-21(3)8-12(14)17(24)18-2/h4-7,12,14H,8-10H2,1-3H3,(H,18,24)(H,20,23)/t12-,14+/m1/s1. The Labute approximate surface area is 141 Å². The first-order chi connectivity index (χ1) is 11.5. The number of fused-ring (bicyclic) bond motifs is 1. The van der Waals surface area contributed by atoms with Crippen molar-refractivity contribution >= 4 is 22.8 Å². The minimum absolute atomic E-state index is 0.0334. The number of para-hydroxylation sites is 2. The Balaban J connectivity index is 1.73. The Morgan fingerprint density at radius 2 is 2.04 bits per heavy atom. The highest BCUT2D eigenvalue weighted by Crippen LogP contribution is 2.17. The molecule has 1 aliphatic heterocycles. The SMILES string of the molecule is CNC(=O)[C@@H]1CN(C)C[C@@H]1NC(=O)Cn1c(C)nc2ccccc21. The molecule has 0 saturated carbocycles. The van der Waals surface area contributed by atoms with Crippen molar-refractivity contribution in [2.45, 2.75) is 19.5 Å². The van der Waals surface area contributed by atoms with Crippen molar-refractivity contribution in [3.63, 3.8) is 0 Å². The van der Waals surface area contributed by atoms with Crippen LogP contribution in [0, 0.1) is 12.8 Å². The van der Waals surface area contributed by atoms with Gasteiger partial charge in [-0.25, -0.2) is 4.98 Å². The molecular formula is C17H23N5O2. The van der Waals surface area contributed by atoms with Gasteiger partial charge in [0.2, 0.25) is 11.8 Å². The van der Waals surface area contributed by atoms with Crippen LogP contribution in [0.15, 0.2) is 24.3 Å². The third-order valence-electron chi connectivity index (χ3n) is 4.58. The Morgan fingerprint density at radius 1 is 1.29 bits per heavy atom. The van der Waals surface area contributed by atoms with E-state index in [1.807, 2.05) is 42.8 Å². The van der Waals surface area contributed by atoms with Crippen LogP contribution in [-0.2, 0) is 16.1 Å². The Hall–Kier alpha value is -2.41. The molecule has 0 unspecified atom stereocenters. The second kappa shape index (κ2) is 6.60. The van der Waals surface area contributed by atoms with Crippen molar-refractivity contribution in [2.75, 3.05) is 27.2 Å². The van der Waals surface area contributed by atoms with Gasteiger partial charge in [-0.2, -0.15) is 0 Å². The van der Waals surface area contributed by atoms with E-state index in [0.717, 1.165) is 16.9 Å². The fourth-order valence-electron chi connectivity index (χ4n) is 3.39. The summed E-state index contributed by atoms with van der Waals surface area (Å²) in [4.78, 5) is 31.0. The molecule has 2 heterocycles. The molecule has 24 heavy (non-hydrogen) atoms. The molecule has 1 fully saturated rings. The zero-order valence-corrected chi connectivity index (χ0v) is 14.2. The van der Waals surface area contributed by atoms with Gasteiger partial charge in [0.15, 0.2) is 0 Å². The van der Waals surface area contributed by atoms with E-state index in [4.69, 9.17) is 0 Å². The number of carbonyl (C=O) groups is 2. The number of likely N-dealkylation sites (N-methyl/N-ethyl adjacent to an activating group) is 1. The lowest BCUT2D eigenvalue weighted by atomic mass is 10.0. The molecule has 3 rings (SSSR count). The molecule has 0 radical (unpaired) electrons. The summed E-state index contributed by atoms with van der Waals surface area (Å²) in [5.74, 6) is 0.451. The van der Waals surface area contributed by atoms with Crippen LogP contribution in [0.2, 0.25) is 0 Å². The zero-order valence-electron chi connectivity index (χ0n) is 14.2. The first-order valence-corrected chi connectivity index (χ1v) is 8.11. The van der Waals surface area contributed by atoms with E-state index in [0.29, 0.717) is 13.1 Å². The molecule has 0 aliphatic carbocycles. The number of nitrogens with one attached hydrogen (secondary N) is 2. The molecule has 1 saturated heterocycles. The number of carbonyl (C=O) groups excluding carboxylic acids is 2. The lowest BCUT2D eigenvalue weighted by molar-refractivity contribution is -0.126. The van der Waals surface area contributed by atoms with Gasteiger partial charge >= 0.3 is 0 Å². The van der Waals surface area contributed by atoms with Crippen molar-refractivity contribution in [1.82, 2.24) is 25.1 Å². The van der Waals surface area contributed by atoms with Gasteiger partial charge in [0.25, 0.3) is 0 Å². The van der Waals surface area contributed by atoms with Crippen molar-refractivity contribution in [2.24, 2.45) is 5.92 Å². The highest BCUT2D eigenvalue weighted by molar-refractivity contribution is 5.83. The summed E-state index contributed by atoms with van der Waals surface area (Å²) in [7, 11) is 3.58. The van der Waals surface area contributed by atoms with Crippen LogP contribution in [0.25, 0.3) is 11.0 Å². The number of imidazole rings is 1. The van der Waals surface area contributed by atoms with E-state index in [2.05, 4.69) is 20.5 Å². The number of hydrogen-bond acceptors (Lipinski definition) is 4. The van der Waals surface area contributed by atoms with E-state index in [1.165, 1.54) is 0 Å². The highest BCUT2D eigenvalue weighted by atomic mass is 16.2. The lowest BCUT2D eigenvalue weighted by Crippen LogP contribution is -2.46. The fraction of sp³-hybridized carbons (Fsp3) is 0.471. The largest absolute Gasteiger partial charge is 0.359 e. The van der Waals surface area contributed by atoms with Gasteiger partial charge in [0, 0.05) is 20.1 Å². The molecule has 2 aromatic rings. The van der Waals surface area contributed by atoms with E-state index in [9.17, 15) is 9.59 Å². The molecule has 2 amide bonds. The molecule has 2 N–H and O–H groups in total. The Morgan fingerprint density at radius 3 is 2.79 bits per heavy atom. The van der Waals surface area contributed by atoms with Gasteiger partial charge in [-0.1, -0.05) is 12.1 Å². The number of aromatic nitrogens is 2. The quantitative estimate of drug-likeness (QED) is 0.836. The number of likely N-dealkylation sites (tertiary alicyclic amines) is 1. The Kier molecular flexibility index (Phi) is 4.53. The molecular weight excluding hydrogens is 306 g/mol. The number of hydrogen-bond donors (Lipinski definition) is 2. The van der Waals surface area contributed by atoms with E-state index in [1.54, 1.807) is 7.05 Å². The molecule has 0 spiro atoms. The topological polar surface area (TPSA) is 79.3 Å². The first kappa shape index (κ1) is 16.4. The third-order valence-corrected chi connectivity index (χ3v) is 4.58. The molecule has 128 valence electrons. The van der Waals surface area contributed by atoms with E-state index >= 15 is 0 Å². The summed E-state index contributed by atoms with van der Waals surface area (Å²) in [5, 5.41) is 5.69. The predicted octanol–water partition coefficient (Wildman–Crippen LogP) is 0.137. The normalized spacial score (nSPS) is 21.1. The number of benzene rings is 1. The first-order valence-electron chi connectivity index (χ1n) is 8.11. The average molecular weight is 329 g/mol. The summed E-state index contributed by atoms with van der Waals surface area (Å²) >= 11 is 0. The summed E-state index contributed by atoms with van der Waals surface area (Å²) in [5.41, 5.74) is 1.82. The minimum atomic E-state index is -0.218. The number of rotatable bonds is 4. The minimum Gasteiger partial charge on any atom is -0.359 e. The van der Waals surface area contributed by atoms with Gasteiger partial charge in [-0.15, -0.1) is 0 Å². The maximum absolute atomic E-state index is 12.5. The maximum Gasteiger partial charge on any atom is 0.240 e. The molecule has 1 aromatic heterocycles. The van der Waals surface area contributed by atoms with Gasteiger partial charge in [-0.3, -0.25) is 9.59 Å². The van der Waals surface area contributed by atoms with Crippen LogP contribution in [0.3, 0.4) is 0 Å². The van der Waals surface area contributed by atoms with Crippen LogP contribution >= 0.6 is 0 Å². The van der Waals surface area contributed by atoms with Gasteiger partial charge < -0.3 is 20.1 Å². The van der Waals surface area contributed by atoms with Crippen molar-refractivity contribution in [3.05, 3.63) is 30.1 Å². The molecule has 7 nitrogen and oxygen atoms in total. The average Bonchev–Trinajstić information content (AvgIpc) is 3.07. The smallest absolute Gasteiger partial charge is 0.240 e. The molecule has 7 heteroatoms. The second-order valence-corrected chi connectivity index (χ2v) is 6.35. The predicted molar refractivity (Wildman–Crippen MR) is 91.5 cm³/mol. The maximum atomic E-state index is 12.5. The van der Waals surface area contributed by atoms with Crippen LogP contribution in [0.4, 0.5) is 0 Å². The second-order valence-electron chi connectivity index (χ2n) is 6.35. The third kappa shape index (κ3) is 3.12. The number of nitrogens with zero attached hydrogens (tertiary/aromatic N) is 3. The van der Waals surface area contributed by atoms with E-state index in [-0.39, 0.29) is 30.3 Å². The molecule has 2 atom stereocenters. The summed E-state index contributed by atoms with van der Waals surface area (Å²) in [6.45, 7) is 3.42. The van der Waals surface area contributed by atoms with Gasteiger partial charge in [0.05, 0.1) is 23.0 Å². The van der Waals surface area contributed by atoms with Crippen LogP contribution in [0.5, 0.6) is 0 Å². The van der Waals surface area contributed by atoms with Crippen LogP contribution in [0.1, 0.15) is 5.82 Å². The number of aryl methyl sites for hydroxylation is 1. The monoisotopic (exact) mass is 329 g/mol. The van der Waals surface area contributed by atoms with E-state index < -0.39 is 0 Å².